The van der Waals surface area contributed by atoms with Crippen LogP contribution in [-0.2, 0) is 32.3 Å². The van der Waals surface area contributed by atoms with Gasteiger partial charge in [0.1, 0.15) is 12.6 Å². The van der Waals surface area contributed by atoms with Crippen LogP contribution >= 0.6 is 11.6 Å². The number of nitrogens with one attached hydrogen (secondary N) is 1. The van der Waals surface area contributed by atoms with E-state index in [1.165, 1.54) is 4.90 Å². The van der Waals surface area contributed by atoms with Gasteiger partial charge in [-0.25, -0.2) is 8.42 Å². The number of anilines is 1. The lowest BCUT2D eigenvalue weighted by molar-refractivity contribution is -0.139. The van der Waals surface area contributed by atoms with Crippen molar-refractivity contribution in [3.05, 3.63) is 64.2 Å². The van der Waals surface area contributed by atoms with Gasteiger partial charge in [0.25, 0.3) is 0 Å². The minimum atomic E-state index is -4.75. The molecule has 2 aromatic rings. The maximum absolute atomic E-state index is 13.7. The minimum absolute atomic E-state index is 0.00130. The molecule has 3 rings (SSSR count). The van der Waals surface area contributed by atoms with Gasteiger partial charge in [-0.1, -0.05) is 55.1 Å². The normalized spacial score (nSPS) is 15.5. The molecule has 1 atom stereocenters. The monoisotopic (exact) mass is 587 g/mol. The summed E-state index contributed by atoms with van der Waals surface area (Å²) in [7, 11) is -4.25. The number of aryl methyl sites for hydroxylation is 1. The molecule has 7 nitrogen and oxygen atoms in total. The van der Waals surface area contributed by atoms with Gasteiger partial charge in [0.05, 0.1) is 22.5 Å². The van der Waals surface area contributed by atoms with Gasteiger partial charge in [0.2, 0.25) is 21.8 Å². The Morgan fingerprint density at radius 1 is 1.10 bits per heavy atom. The summed E-state index contributed by atoms with van der Waals surface area (Å²) in [6.45, 7) is 2.55. The zero-order chi connectivity index (χ0) is 29.0. The molecule has 1 unspecified atom stereocenters. The van der Waals surface area contributed by atoms with E-state index in [1.807, 2.05) is 19.1 Å². The largest absolute Gasteiger partial charge is 0.416 e. The van der Waals surface area contributed by atoms with Crippen LogP contribution in [-0.4, -0.2) is 50.0 Å². The van der Waals surface area contributed by atoms with E-state index in [4.69, 9.17) is 11.6 Å². The van der Waals surface area contributed by atoms with Crippen LogP contribution in [0.1, 0.15) is 55.7 Å². The number of carbonyl (C=O) groups is 2. The van der Waals surface area contributed by atoms with Crippen molar-refractivity contribution in [2.45, 2.75) is 70.8 Å². The first-order chi connectivity index (χ1) is 18.2. The number of benzene rings is 2. The highest BCUT2D eigenvalue weighted by Gasteiger charge is 2.35. The molecule has 0 bridgehead atoms. The molecule has 12 heteroatoms. The van der Waals surface area contributed by atoms with Crippen LogP contribution in [0, 0.1) is 6.92 Å². The molecule has 39 heavy (non-hydrogen) atoms. The van der Waals surface area contributed by atoms with Crippen molar-refractivity contribution in [1.29, 1.82) is 0 Å². The number of amides is 2. The molecule has 1 N–H and O–H groups in total. The zero-order valence-electron chi connectivity index (χ0n) is 22.1. The molecule has 214 valence electrons. The summed E-state index contributed by atoms with van der Waals surface area (Å²) in [6, 6.07) is 8.52. The van der Waals surface area contributed by atoms with E-state index in [9.17, 15) is 31.2 Å². The lowest BCUT2D eigenvalue weighted by Gasteiger charge is -2.33. The molecular formula is C27H33ClF3N3O4S. The van der Waals surface area contributed by atoms with Gasteiger partial charge in [0, 0.05) is 12.6 Å². The summed E-state index contributed by atoms with van der Waals surface area (Å²) in [5.41, 5.74) is 0.0136. The fourth-order valence-electron chi connectivity index (χ4n) is 4.60. The van der Waals surface area contributed by atoms with E-state index < -0.39 is 45.9 Å². The predicted molar refractivity (Wildman–Crippen MR) is 145 cm³/mol. The van der Waals surface area contributed by atoms with Crippen molar-refractivity contribution in [1.82, 2.24) is 10.2 Å². The number of nitrogens with zero attached hydrogens (tertiary/aromatic N) is 2. The van der Waals surface area contributed by atoms with Crippen molar-refractivity contribution in [3.8, 4) is 0 Å². The first-order valence-electron chi connectivity index (χ1n) is 12.7. The molecule has 0 saturated heterocycles. The van der Waals surface area contributed by atoms with Gasteiger partial charge >= 0.3 is 6.18 Å². The highest BCUT2D eigenvalue weighted by molar-refractivity contribution is 7.92. The predicted octanol–water partition coefficient (Wildman–Crippen LogP) is 5.30. The van der Waals surface area contributed by atoms with Gasteiger partial charge in [-0.15, -0.1) is 0 Å². The van der Waals surface area contributed by atoms with E-state index in [0.29, 0.717) is 10.4 Å². The molecule has 2 amide bonds. The number of alkyl halides is 3. The van der Waals surface area contributed by atoms with E-state index in [0.717, 1.165) is 61.6 Å². The van der Waals surface area contributed by atoms with Crippen LogP contribution in [0.2, 0.25) is 5.02 Å². The number of hydrogen-bond donors (Lipinski definition) is 1. The summed E-state index contributed by atoms with van der Waals surface area (Å²) in [4.78, 5) is 28.2. The lowest BCUT2D eigenvalue weighted by atomic mass is 9.95. The highest BCUT2D eigenvalue weighted by Crippen LogP contribution is 2.36. The standard InChI is InChI=1S/C27H33ClF3N3O4S/c1-18-9-7-8-10-20(18)16-33(19(2)26(36)32-22-11-5-4-6-12-22)25(35)17-34(39(3,37)38)24-15-21(27(29,30)31)13-14-23(24)28/h7-10,13-15,19,22H,4-6,11-12,16-17H2,1-3H3,(H,32,36). The SMILES string of the molecule is Cc1ccccc1CN(C(=O)CN(c1cc(C(F)(F)F)ccc1Cl)S(C)(=O)=O)C(C)C(=O)NC1CCCCC1. The van der Waals surface area contributed by atoms with Gasteiger partial charge < -0.3 is 10.2 Å². The van der Waals surface area contributed by atoms with Crippen molar-refractivity contribution in [3.63, 3.8) is 0 Å². The van der Waals surface area contributed by atoms with Crippen molar-refractivity contribution < 1.29 is 31.2 Å². The van der Waals surface area contributed by atoms with E-state index >= 15 is 0 Å². The van der Waals surface area contributed by atoms with Crippen molar-refractivity contribution in [2.75, 3.05) is 17.1 Å². The fraction of sp³-hybridized carbons (Fsp3) is 0.481. The second kappa shape index (κ2) is 12.6. The Balaban J connectivity index is 1.96. The number of carbonyl (C=O) groups excluding carboxylic acids is 2. The molecule has 2 aromatic carbocycles. The van der Waals surface area contributed by atoms with Crippen LogP contribution < -0.4 is 9.62 Å². The third-order valence-corrected chi connectivity index (χ3v) is 8.39. The molecule has 0 aromatic heterocycles. The van der Waals surface area contributed by atoms with E-state index in [2.05, 4.69) is 5.32 Å². The number of rotatable bonds is 9. The summed E-state index contributed by atoms with van der Waals surface area (Å²) in [5.74, 6) is -1.14. The molecule has 0 heterocycles. The molecule has 0 radical (unpaired) electrons. The smallest absolute Gasteiger partial charge is 0.352 e. The second-order valence-electron chi connectivity index (χ2n) is 9.90. The molecule has 1 aliphatic carbocycles. The van der Waals surface area contributed by atoms with Gasteiger partial charge in [-0.2, -0.15) is 13.2 Å². The number of halogens is 4. The Bertz CT molecular complexity index is 1300. The van der Waals surface area contributed by atoms with Crippen LogP contribution in [0.5, 0.6) is 0 Å². The van der Waals surface area contributed by atoms with E-state index in [1.54, 1.807) is 19.1 Å². The first kappa shape index (κ1) is 30.7. The number of sulfonamides is 1. The number of hydrogen-bond acceptors (Lipinski definition) is 4. The molecule has 0 aliphatic heterocycles. The highest BCUT2D eigenvalue weighted by atomic mass is 35.5. The zero-order valence-corrected chi connectivity index (χ0v) is 23.7. The Hall–Kier alpha value is -2.79. The Labute approximate surface area is 232 Å². The molecule has 1 fully saturated rings. The summed E-state index contributed by atoms with van der Waals surface area (Å²) in [6.07, 6.45) is 0.773. The third kappa shape index (κ3) is 8.11. The Morgan fingerprint density at radius 3 is 2.33 bits per heavy atom. The average Bonchev–Trinajstić information content (AvgIpc) is 2.86. The molecule has 1 saturated carbocycles. The Kier molecular flexibility index (Phi) is 9.93. The third-order valence-electron chi connectivity index (χ3n) is 6.94. The van der Waals surface area contributed by atoms with Crippen LogP contribution in [0.25, 0.3) is 0 Å². The lowest BCUT2D eigenvalue weighted by Crippen LogP contribution is -2.53. The van der Waals surface area contributed by atoms with Gasteiger partial charge in [0.15, 0.2) is 0 Å². The maximum atomic E-state index is 13.7. The van der Waals surface area contributed by atoms with Gasteiger partial charge in [-0.05, 0) is 56.0 Å². The van der Waals surface area contributed by atoms with Crippen LogP contribution in [0.4, 0.5) is 18.9 Å². The van der Waals surface area contributed by atoms with Crippen molar-refractivity contribution >= 4 is 39.1 Å². The topological polar surface area (TPSA) is 86.8 Å². The molecular weight excluding hydrogens is 555 g/mol. The summed E-state index contributed by atoms with van der Waals surface area (Å²) >= 11 is 6.12. The maximum Gasteiger partial charge on any atom is 0.416 e. The second-order valence-corrected chi connectivity index (χ2v) is 12.2. The molecule has 1 aliphatic rings. The van der Waals surface area contributed by atoms with Crippen molar-refractivity contribution in [2.24, 2.45) is 0 Å². The average molecular weight is 588 g/mol. The first-order valence-corrected chi connectivity index (χ1v) is 14.9. The van der Waals surface area contributed by atoms with Crippen LogP contribution in [0.15, 0.2) is 42.5 Å². The van der Waals surface area contributed by atoms with Crippen LogP contribution in [0.3, 0.4) is 0 Å². The Morgan fingerprint density at radius 2 is 1.74 bits per heavy atom. The quantitative estimate of drug-likeness (QED) is 0.431. The fourth-order valence-corrected chi connectivity index (χ4v) is 5.72. The summed E-state index contributed by atoms with van der Waals surface area (Å²) in [5, 5.41) is 2.72. The molecule has 0 spiro atoms. The van der Waals surface area contributed by atoms with Gasteiger partial charge in [-0.3, -0.25) is 13.9 Å². The summed E-state index contributed by atoms with van der Waals surface area (Å²) < 4.78 is 66.1. The minimum Gasteiger partial charge on any atom is -0.352 e. The van der Waals surface area contributed by atoms with E-state index in [-0.39, 0.29) is 23.5 Å².